The molecule has 1 aromatic heterocycles. The van der Waals surface area contributed by atoms with Gasteiger partial charge < -0.3 is 11.1 Å². The molecular weight excluding hydrogens is 209 g/mol. The van der Waals surface area contributed by atoms with Crippen LogP contribution in [0.15, 0.2) is 12.4 Å². The molecule has 13 heavy (non-hydrogen) atoms. The second-order valence-electron chi connectivity index (χ2n) is 2.76. The molecule has 0 saturated carbocycles. The highest BCUT2D eigenvalue weighted by molar-refractivity contribution is 6.38. The molecule has 0 bridgehead atoms. The number of anilines is 1. The van der Waals surface area contributed by atoms with Gasteiger partial charge in [0.25, 0.3) is 0 Å². The lowest BCUT2D eigenvalue weighted by atomic mass is 10.3. The third kappa shape index (κ3) is 2.72. The molecule has 1 rings (SSSR count). The summed E-state index contributed by atoms with van der Waals surface area (Å²) in [5, 5.41) is 4.11. The SMILES string of the molecule is CC(CN)Nc1c(Cl)cncc1Cl. The van der Waals surface area contributed by atoms with Crippen LogP contribution in [0.3, 0.4) is 0 Å². The average Bonchev–Trinajstić information content (AvgIpc) is 2.11. The molecule has 0 amide bonds. The maximum Gasteiger partial charge on any atom is 0.0836 e. The van der Waals surface area contributed by atoms with Crippen LogP contribution < -0.4 is 11.1 Å². The van der Waals surface area contributed by atoms with Gasteiger partial charge in [-0.3, -0.25) is 4.98 Å². The largest absolute Gasteiger partial charge is 0.379 e. The minimum Gasteiger partial charge on any atom is -0.379 e. The van der Waals surface area contributed by atoms with E-state index in [2.05, 4.69) is 10.3 Å². The van der Waals surface area contributed by atoms with Gasteiger partial charge in [0, 0.05) is 25.0 Å². The number of hydrogen-bond acceptors (Lipinski definition) is 3. The van der Waals surface area contributed by atoms with Crippen LogP contribution in [-0.4, -0.2) is 17.6 Å². The summed E-state index contributed by atoms with van der Waals surface area (Å²) in [6.45, 7) is 2.47. The molecule has 0 spiro atoms. The van der Waals surface area contributed by atoms with Gasteiger partial charge in [-0.2, -0.15) is 0 Å². The molecule has 5 heteroatoms. The molecule has 0 fully saturated rings. The van der Waals surface area contributed by atoms with Crippen molar-refractivity contribution >= 4 is 28.9 Å². The van der Waals surface area contributed by atoms with Crippen molar-refractivity contribution in [3.8, 4) is 0 Å². The van der Waals surface area contributed by atoms with Crippen molar-refractivity contribution < 1.29 is 0 Å². The zero-order valence-electron chi connectivity index (χ0n) is 7.22. The highest BCUT2D eigenvalue weighted by Crippen LogP contribution is 2.28. The fraction of sp³-hybridized carbons (Fsp3) is 0.375. The number of nitrogens with zero attached hydrogens (tertiary/aromatic N) is 1. The molecule has 1 atom stereocenters. The van der Waals surface area contributed by atoms with Gasteiger partial charge >= 0.3 is 0 Å². The maximum atomic E-state index is 5.88. The first-order valence-electron chi connectivity index (χ1n) is 3.90. The van der Waals surface area contributed by atoms with Crippen LogP contribution in [0.1, 0.15) is 6.92 Å². The molecule has 1 aromatic rings. The standard InChI is InChI=1S/C8H11Cl2N3/c1-5(2-11)13-8-6(9)3-12-4-7(8)10/h3-5H,2,11H2,1H3,(H,12,13). The van der Waals surface area contributed by atoms with Crippen LogP contribution in [0.4, 0.5) is 5.69 Å². The van der Waals surface area contributed by atoms with Crippen LogP contribution in [0, 0.1) is 0 Å². The molecule has 72 valence electrons. The second-order valence-corrected chi connectivity index (χ2v) is 3.57. The smallest absolute Gasteiger partial charge is 0.0836 e. The third-order valence-electron chi connectivity index (χ3n) is 1.60. The summed E-state index contributed by atoms with van der Waals surface area (Å²) < 4.78 is 0. The molecule has 0 aromatic carbocycles. The molecule has 0 aliphatic rings. The lowest BCUT2D eigenvalue weighted by Crippen LogP contribution is -2.25. The van der Waals surface area contributed by atoms with Gasteiger partial charge in [-0.15, -0.1) is 0 Å². The summed E-state index contributed by atoms with van der Waals surface area (Å²) in [5.41, 5.74) is 6.15. The zero-order valence-corrected chi connectivity index (χ0v) is 8.73. The van der Waals surface area contributed by atoms with E-state index < -0.39 is 0 Å². The molecule has 0 aliphatic heterocycles. The van der Waals surface area contributed by atoms with Gasteiger partial charge in [0.15, 0.2) is 0 Å². The Morgan fingerprint density at radius 3 is 2.46 bits per heavy atom. The van der Waals surface area contributed by atoms with E-state index in [1.165, 1.54) is 0 Å². The van der Waals surface area contributed by atoms with Crippen molar-refractivity contribution in [3.63, 3.8) is 0 Å². The predicted molar refractivity (Wildman–Crippen MR) is 56.4 cm³/mol. The Morgan fingerprint density at radius 1 is 1.46 bits per heavy atom. The highest BCUT2D eigenvalue weighted by atomic mass is 35.5. The van der Waals surface area contributed by atoms with Crippen LogP contribution in [0.2, 0.25) is 10.0 Å². The van der Waals surface area contributed by atoms with Gasteiger partial charge in [0.05, 0.1) is 15.7 Å². The van der Waals surface area contributed by atoms with E-state index in [0.29, 0.717) is 22.3 Å². The van der Waals surface area contributed by atoms with Crippen molar-refractivity contribution in [1.29, 1.82) is 0 Å². The Bertz CT molecular complexity index is 270. The van der Waals surface area contributed by atoms with Gasteiger partial charge in [-0.25, -0.2) is 0 Å². The van der Waals surface area contributed by atoms with E-state index in [1.54, 1.807) is 12.4 Å². The molecule has 3 N–H and O–H groups in total. The summed E-state index contributed by atoms with van der Waals surface area (Å²) in [7, 11) is 0. The lowest BCUT2D eigenvalue weighted by Gasteiger charge is -2.14. The maximum absolute atomic E-state index is 5.88. The summed E-state index contributed by atoms with van der Waals surface area (Å²) in [5.74, 6) is 0. The molecular formula is C8H11Cl2N3. The third-order valence-corrected chi connectivity index (χ3v) is 2.17. The molecule has 0 radical (unpaired) electrons. The number of nitrogens with one attached hydrogen (secondary N) is 1. The number of aromatic nitrogens is 1. The number of nitrogens with two attached hydrogens (primary N) is 1. The zero-order chi connectivity index (χ0) is 9.84. The predicted octanol–water partition coefficient (Wildman–Crippen LogP) is 2.15. The Hall–Kier alpha value is -0.510. The molecule has 1 unspecified atom stereocenters. The van der Waals surface area contributed by atoms with Crippen LogP contribution >= 0.6 is 23.2 Å². The number of hydrogen-bond donors (Lipinski definition) is 2. The van der Waals surface area contributed by atoms with E-state index in [9.17, 15) is 0 Å². The van der Waals surface area contributed by atoms with Crippen molar-refractivity contribution in [2.45, 2.75) is 13.0 Å². The Morgan fingerprint density at radius 2 is 2.00 bits per heavy atom. The Balaban J connectivity index is 2.87. The number of rotatable bonds is 3. The van der Waals surface area contributed by atoms with E-state index in [4.69, 9.17) is 28.9 Å². The van der Waals surface area contributed by atoms with Gasteiger partial charge in [-0.1, -0.05) is 23.2 Å². The number of halogens is 2. The Labute approximate surface area is 87.2 Å². The minimum absolute atomic E-state index is 0.136. The van der Waals surface area contributed by atoms with Crippen molar-refractivity contribution in [2.24, 2.45) is 5.73 Å². The van der Waals surface area contributed by atoms with Gasteiger partial charge in [-0.05, 0) is 6.92 Å². The van der Waals surface area contributed by atoms with Crippen LogP contribution in [0.25, 0.3) is 0 Å². The van der Waals surface area contributed by atoms with E-state index in [1.807, 2.05) is 6.92 Å². The van der Waals surface area contributed by atoms with Gasteiger partial charge in [0.2, 0.25) is 0 Å². The normalized spacial score (nSPS) is 12.6. The first kappa shape index (κ1) is 10.6. The summed E-state index contributed by atoms with van der Waals surface area (Å²) >= 11 is 11.8. The molecule has 0 aliphatic carbocycles. The summed E-state index contributed by atoms with van der Waals surface area (Å²) in [4.78, 5) is 3.84. The fourth-order valence-corrected chi connectivity index (χ4v) is 1.33. The average molecular weight is 220 g/mol. The summed E-state index contributed by atoms with van der Waals surface area (Å²) in [6, 6.07) is 0.136. The lowest BCUT2D eigenvalue weighted by molar-refractivity contribution is 0.804. The van der Waals surface area contributed by atoms with Gasteiger partial charge in [0.1, 0.15) is 0 Å². The van der Waals surface area contributed by atoms with Crippen molar-refractivity contribution in [1.82, 2.24) is 4.98 Å². The highest BCUT2D eigenvalue weighted by Gasteiger charge is 2.07. The minimum atomic E-state index is 0.136. The topological polar surface area (TPSA) is 50.9 Å². The van der Waals surface area contributed by atoms with E-state index in [0.717, 1.165) is 0 Å². The van der Waals surface area contributed by atoms with E-state index >= 15 is 0 Å². The van der Waals surface area contributed by atoms with Crippen LogP contribution in [0.5, 0.6) is 0 Å². The first-order chi connectivity index (χ1) is 6.15. The quantitative estimate of drug-likeness (QED) is 0.820. The van der Waals surface area contributed by atoms with Crippen molar-refractivity contribution in [3.05, 3.63) is 22.4 Å². The fourth-order valence-electron chi connectivity index (χ4n) is 0.855. The summed E-state index contributed by atoms with van der Waals surface area (Å²) in [6.07, 6.45) is 3.08. The number of pyridine rings is 1. The molecule has 3 nitrogen and oxygen atoms in total. The molecule has 1 heterocycles. The van der Waals surface area contributed by atoms with Crippen LogP contribution in [-0.2, 0) is 0 Å². The van der Waals surface area contributed by atoms with E-state index in [-0.39, 0.29) is 6.04 Å². The first-order valence-corrected chi connectivity index (χ1v) is 4.66. The monoisotopic (exact) mass is 219 g/mol. The van der Waals surface area contributed by atoms with Crippen molar-refractivity contribution in [2.75, 3.05) is 11.9 Å². The Kier molecular flexibility index (Phi) is 3.78. The molecule has 0 saturated heterocycles. The second kappa shape index (κ2) is 4.65.